The molecule has 4 aromatic rings. The second-order valence-electron chi connectivity index (χ2n) is 5.71. The molecular weight excluding hydrogens is 325 g/mol. The number of halogens is 1. The fourth-order valence-corrected chi connectivity index (χ4v) is 3.75. The molecule has 2 heterocycles. The maximum absolute atomic E-state index is 13.9. The topological polar surface area (TPSA) is 46.9 Å². The van der Waals surface area contributed by atoms with Crippen LogP contribution in [0.15, 0.2) is 42.5 Å². The highest BCUT2D eigenvalue weighted by Crippen LogP contribution is 2.28. The van der Waals surface area contributed by atoms with E-state index < -0.39 is 0 Å². The van der Waals surface area contributed by atoms with Crippen LogP contribution in [0, 0.1) is 12.7 Å². The minimum Gasteiger partial charge on any atom is -0.340 e. The van der Waals surface area contributed by atoms with Gasteiger partial charge in [0, 0.05) is 12.4 Å². The average molecular weight is 339 g/mol. The van der Waals surface area contributed by atoms with Gasteiger partial charge in [0.25, 0.3) is 5.91 Å². The molecule has 0 saturated carbocycles. The van der Waals surface area contributed by atoms with Gasteiger partial charge in [-0.1, -0.05) is 23.5 Å². The van der Waals surface area contributed by atoms with E-state index >= 15 is 0 Å². The Hall–Kier alpha value is -2.73. The number of nitrogens with zero attached hydrogens (tertiary/aromatic N) is 2. The summed E-state index contributed by atoms with van der Waals surface area (Å²) in [5.41, 5.74) is 3.07. The minimum absolute atomic E-state index is 0.302. The SMILES string of the molecule is Cc1ccc2nc(NC(=O)c3cc4c(F)cccc4n3C)sc2c1. The second kappa shape index (κ2) is 5.42. The van der Waals surface area contributed by atoms with Crippen LogP contribution in [0.3, 0.4) is 0 Å². The van der Waals surface area contributed by atoms with Crippen LogP contribution in [0.5, 0.6) is 0 Å². The van der Waals surface area contributed by atoms with Gasteiger partial charge >= 0.3 is 0 Å². The van der Waals surface area contributed by atoms with Crippen molar-refractivity contribution in [1.82, 2.24) is 9.55 Å². The Morgan fingerprint density at radius 2 is 2.08 bits per heavy atom. The number of carbonyl (C=O) groups excluding carboxylic acids is 1. The third kappa shape index (κ3) is 2.35. The molecule has 0 atom stereocenters. The number of thiazole rings is 1. The third-order valence-electron chi connectivity index (χ3n) is 4.03. The summed E-state index contributed by atoms with van der Waals surface area (Å²) in [4.78, 5) is 17.0. The maximum Gasteiger partial charge on any atom is 0.274 e. The molecule has 24 heavy (non-hydrogen) atoms. The van der Waals surface area contributed by atoms with Gasteiger partial charge in [-0.3, -0.25) is 10.1 Å². The zero-order valence-electron chi connectivity index (χ0n) is 13.1. The summed E-state index contributed by atoms with van der Waals surface area (Å²) in [5, 5.41) is 3.78. The fourth-order valence-electron chi connectivity index (χ4n) is 2.79. The number of carbonyl (C=O) groups is 1. The van der Waals surface area contributed by atoms with Crippen LogP contribution >= 0.6 is 11.3 Å². The van der Waals surface area contributed by atoms with E-state index in [-0.39, 0.29) is 11.7 Å². The third-order valence-corrected chi connectivity index (χ3v) is 4.96. The van der Waals surface area contributed by atoms with Crippen molar-refractivity contribution < 1.29 is 9.18 Å². The van der Waals surface area contributed by atoms with Crippen LogP contribution in [-0.2, 0) is 7.05 Å². The van der Waals surface area contributed by atoms with Crippen LogP contribution < -0.4 is 5.32 Å². The molecule has 0 bridgehead atoms. The van der Waals surface area contributed by atoms with Crippen LogP contribution in [0.4, 0.5) is 9.52 Å². The lowest BCUT2D eigenvalue weighted by atomic mass is 10.2. The van der Waals surface area contributed by atoms with Gasteiger partial charge in [-0.25, -0.2) is 9.37 Å². The molecule has 6 heteroatoms. The van der Waals surface area contributed by atoms with Crippen molar-refractivity contribution in [2.45, 2.75) is 6.92 Å². The molecule has 0 aliphatic rings. The normalized spacial score (nSPS) is 11.3. The van der Waals surface area contributed by atoms with E-state index in [1.807, 2.05) is 25.1 Å². The van der Waals surface area contributed by atoms with Gasteiger partial charge in [0.1, 0.15) is 11.5 Å². The first-order valence-corrected chi connectivity index (χ1v) is 8.27. The molecule has 0 unspecified atom stereocenters. The average Bonchev–Trinajstić information content (AvgIpc) is 3.09. The number of aryl methyl sites for hydroxylation is 2. The van der Waals surface area contributed by atoms with Crippen molar-refractivity contribution >= 4 is 43.5 Å². The number of benzene rings is 2. The lowest BCUT2D eigenvalue weighted by Crippen LogP contribution is -2.15. The molecule has 0 radical (unpaired) electrons. The van der Waals surface area contributed by atoms with Crippen molar-refractivity contribution in [2.24, 2.45) is 7.05 Å². The van der Waals surface area contributed by atoms with Crippen LogP contribution in [0.1, 0.15) is 16.1 Å². The Bertz CT molecular complexity index is 1100. The fraction of sp³-hybridized carbons (Fsp3) is 0.111. The zero-order valence-corrected chi connectivity index (χ0v) is 13.9. The monoisotopic (exact) mass is 339 g/mol. The first kappa shape index (κ1) is 14.8. The molecule has 1 N–H and O–H groups in total. The summed E-state index contributed by atoms with van der Waals surface area (Å²) in [7, 11) is 1.75. The number of rotatable bonds is 2. The molecule has 120 valence electrons. The van der Waals surface area contributed by atoms with Crippen molar-refractivity contribution in [3.63, 3.8) is 0 Å². The molecule has 0 aliphatic heterocycles. The van der Waals surface area contributed by atoms with Crippen LogP contribution in [0.25, 0.3) is 21.1 Å². The highest BCUT2D eigenvalue weighted by Gasteiger charge is 2.17. The van der Waals surface area contributed by atoms with Gasteiger partial charge in [-0.15, -0.1) is 0 Å². The lowest BCUT2D eigenvalue weighted by molar-refractivity contribution is 0.102. The summed E-state index contributed by atoms with van der Waals surface area (Å²) >= 11 is 1.42. The molecule has 1 amide bonds. The van der Waals surface area contributed by atoms with Crippen molar-refractivity contribution in [3.8, 4) is 0 Å². The molecule has 2 aromatic carbocycles. The maximum atomic E-state index is 13.9. The second-order valence-corrected chi connectivity index (χ2v) is 6.74. The Labute approximate surface area is 141 Å². The first-order chi connectivity index (χ1) is 11.5. The Kier molecular flexibility index (Phi) is 3.35. The van der Waals surface area contributed by atoms with E-state index in [0.717, 1.165) is 15.8 Å². The summed E-state index contributed by atoms with van der Waals surface area (Å²) in [6, 6.07) is 12.3. The standard InChI is InChI=1S/C18H14FN3OS/c1-10-6-7-13-16(8-10)24-18(20-13)21-17(23)15-9-11-12(19)4-3-5-14(11)22(15)2/h3-9H,1-2H3,(H,20,21,23). The number of fused-ring (bicyclic) bond motifs is 2. The molecule has 0 aliphatic carbocycles. The van der Waals surface area contributed by atoms with Crippen molar-refractivity contribution in [3.05, 3.63) is 59.5 Å². The summed E-state index contributed by atoms with van der Waals surface area (Å²) in [6.07, 6.45) is 0. The van der Waals surface area contributed by atoms with E-state index in [4.69, 9.17) is 0 Å². The lowest BCUT2D eigenvalue weighted by Gasteiger charge is -2.03. The van der Waals surface area contributed by atoms with Gasteiger partial charge in [0.2, 0.25) is 0 Å². The first-order valence-electron chi connectivity index (χ1n) is 7.45. The van der Waals surface area contributed by atoms with Gasteiger partial charge in [0.05, 0.1) is 15.7 Å². The van der Waals surface area contributed by atoms with E-state index in [2.05, 4.69) is 10.3 Å². The van der Waals surface area contributed by atoms with Gasteiger partial charge in [0.15, 0.2) is 5.13 Å². The van der Waals surface area contributed by atoms with Crippen LogP contribution in [-0.4, -0.2) is 15.5 Å². The minimum atomic E-state index is -0.336. The smallest absolute Gasteiger partial charge is 0.274 e. The van der Waals surface area contributed by atoms with Gasteiger partial charge in [-0.05, 0) is 42.8 Å². The predicted octanol–water partition coefficient (Wildman–Crippen LogP) is 4.49. The highest BCUT2D eigenvalue weighted by atomic mass is 32.1. The number of nitrogens with one attached hydrogen (secondary N) is 1. The Balaban J connectivity index is 1.70. The number of aromatic nitrogens is 2. The van der Waals surface area contributed by atoms with E-state index in [0.29, 0.717) is 21.7 Å². The molecule has 4 rings (SSSR count). The molecule has 0 spiro atoms. The zero-order chi connectivity index (χ0) is 16.8. The number of amides is 1. The Morgan fingerprint density at radius 1 is 1.25 bits per heavy atom. The van der Waals surface area contributed by atoms with Crippen LogP contribution in [0.2, 0.25) is 0 Å². The molecular formula is C18H14FN3OS. The van der Waals surface area contributed by atoms with Gasteiger partial charge in [-0.2, -0.15) is 0 Å². The van der Waals surface area contributed by atoms with Crippen molar-refractivity contribution in [2.75, 3.05) is 5.32 Å². The number of hydrogen-bond donors (Lipinski definition) is 1. The predicted molar refractivity (Wildman–Crippen MR) is 95.2 cm³/mol. The Morgan fingerprint density at radius 3 is 2.88 bits per heavy atom. The summed E-state index contributed by atoms with van der Waals surface area (Å²) < 4.78 is 16.6. The van der Waals surface area contributed by atoms with E-state index in [9.17, 15) is 9.18 Å². The van der Waals surface area contributed by atoms with E-state index in [1.54, 1.807) is 29.8 Å². The molecule has 0 saturated heterocycles. The van der Waals surface area contributed by atoms with E-state index in [1.165, 1.54) is 17.4 Å². The molecule has 0 fully saturated rings. The highest BCUT2D eigenvalue weighted by molar-refractivity contribution is 7.22. The summed E-state index contributed by atoms with van der Waals surface area (Å²) in [6.45, 7) is 2.02. The molecule has 2 aromatic heterocycles. The molecule has 4 nitrogen and oxygen atoms in total. The largest absolute Gasteiger partial charge is 0.340 e. The number of anilines is 1. The van der Waals surface area contributed by atoms with Gasteiger partial charge < -0.3 is 4.57 Å². The quantitative estimate of drug-likeness (QED) is 0.585. The number of hydrogen-bond acceptors (Lipinski definition) is 3. The van der Waals surface area contributed by atoms with Crippen molar-refractivity contribution in [1.29, 1.82) is 0 Å². The summed E-state index contributed by atoms with van der Waals surface area (Å²) in [5.74, 6) is -0.638.